The first kappa shape index (κ1) is 26.0. The van der Waals surface area contributed by atoms with Gasteiger partial charge in [0.2, 0.25) is 11.7 Å². The number of benzene rings is 3. The third kappa shape index (κ3) is 7.73. The minimum Gasteiger partial charge on any atom is -0.457 e. The van der Waals surface area contributed by atoms with Crippen molar-refractivity contribution in [3.05, 3.63) is 102 Å². The number of carbonyl (C=O) groups excluding carboxylic acids is 5. The minimum atomic E-state index is -0.956. The van der Waals surface area contributed by atoms with Gasteiger partial charge in [-0.15, -0.1) is 0 Å². The maximum Gasteiger partial charge on any atom is 0.338 e. The number of ether oxygens (including phenoxy) is 2. The molecule has 3 rings (SSSR count). The van der Waals surface area contributed by atoms with Crippen LogP contribution in [0.3, 0.4) is 0 Å². The molecule has 0 unspecified atom stereocenters. The van der Waals surface area contributed by atoms with Gasteiger partial charge in [0.15, 0.2) is 18.5 Å². The molecule has 8 nitrogen and oxygen atoms in total. The molecule has 0 radical (unpaired) electrons. The van der Waals surface area contributed by atoms with Crippen molar-refractivity contribution in [2.24, 2.45) is 0 Å². The van der Waals surface area contributed by atoms with E-state index in [1.165, 1.54) is 31.2 Å². The largest absolute Gasteiger partial charge is 0.457 e. The number of nitrogens with one attached hydrogen (secondary N) is 1. The van der Waals surface area contributed by atoms with Crippen molar-refractivity contribution < 1.29 is 33.4 Å². The van der Waals surface area contributed by atoms with Gasteiger partial charge >= 0.3 is 11.9 Å². The SMILES string of the molecule is C[C@@H](OC(=O)c1ccc(NC(=O)CCC(=O)OCC(=O)c2ccccc2)cc1)C(=O)c1ccccc1. The molecule has 0 saturated carbocycles. The van der Waals surface area contributed by atoms with Gasteiger partial charge in [-0.25, -0.2) is 4.79 Å². The number of carbonyl (C=O) groups is 5. The molecule has 1 N–H and O–H groups in total. The van der Waals surface area contributed by atoms with Gasteiger partial charge in [0.25, 0.3) is 0 Å². The van der Waals surface area contributed by atoms with Crippen molar-refractivity contribution >= 4 is 35.1 Å². The topological polar surface area (TPSA) is 116 Å². The summed E-state index contributed by atoms with van der Waals surface area (Å²) >= 11 is 0. The first-order valence-corrected chi connectivity index (χ1v) is 11.3. The molecule has 0 aliphatic rings. The average Bonchev–Trinajstić information content (AvgIpc) is 2.91. The van der Waals surface area contributed by atoms with Crippen LogP contribution in [0, 0.1) is 0 Å². The Morgan fingerprint density at radius 2 is 1.31 bits per heavy atom. The van der Waals surface area contributed by atoms with Crippen LogP contribution in [0.5, 0.6) is 0 Å². The monoisotopic (exact) mass is 487 g/mol. The van der Waals surface area contributed by atoms with Gasteiger partial charge in [-0.2, -0.15) is 0 Å². The van der Waals surface area contributed by atoms with Gasteiger partial charge in [0, 0.05) is 23.2 Å². The molecule has 184 valence electrons. The van der Waals surface area contributed by atoms with Crippen LogP contribution in [0.4, 0.5) is 5.69 Å². The van der Waals surface area contributed by atoms with Crippen molar-refractivity contribution in [2.75, 3.05) is 11.9 Å². The first-order chi connectivity index (χ1) is 17.3. The van der Waals surface area contributed by atoms with Crippen LogP contribution in [0.1, 0.15) is 50.8 Å². The number of amides is 1. The van der Waals surface area contributed by atoms with Crippen LogP contribution in [-0.2, 0) is 19.1 Å². The second-order valence-electron chi connectivity index (χ2n) is 7.85. The number of rotatable bonds is 11. The number of Topliss-reactive ketones (excluding diaryl/α,β-unsaturated/α-hetero) is 2. The average molecular weight is 488 g/mol. The summed E-state index contributed by atoms with van der Waals surface area (Å²) < 4.78 is 10.2. The Morgan fingerprint density at radius 3 is 1.92 bits per heavy atom. The fourth-order valence-corrected chi connectivity index (χ4v) is 3.17. The second kappa shape index (κ2) is 12.8. The molecule has 0 aromatic heterocycles. The zero-order valence-electron chi connectivity index (χ0n) is 19.6. The van der Waals surface area contributed by atoms with Gasteiger partial charge < -0.3 is 14.8 Å². The third-order valence-corrected chi connectivity index (χ3v) is 5.13. The van der Waals surface area contributed by atoms with Crippen LogP contribution in [0.25, 0.3) is 0 Å². The Hall–Kier alpha value is -4.59. The Morgan fingerprint density at radius 1 is 0.722 bits per heavy atom. The summed E-state index contributed by atoms with van der Waals surface area (Å²) in [6.45, 7) is 1.11. The van der Waals surface area contributed by atoms with Crippen molar-refractivity contribution in [3.8, 4) is 0 Å². The zero-order chi connectivity index (χ0) is 25.9. The van der Waals surface area contributed by atoms with E-state index in [2.05, 4.69) is 5.32 Å². The number of hydrogen-bond acceptors (Lipinski definition) is 7. The Bertz CT molecular complexity index is 1220. The molecular formula is C28H25NO7. The first-order valence-electron chi connectivity index (χ1n) is 11.3. The predicted octanol–water partition coefficient (Wildman–Crippen LogP) is 4.26. The summed E-state index contributed by atoms with van der Waals surface area (Å²) in [7, 11) is 0. The number of esters is 2. The lowest BCUT2D eigenvalue weighted by Gasteiger charge is -2.12. The lowest BCUT2D eigenvalue weighted by atomic mass is 10.1. The second-order valence-corrected chi connectivity index (χ2v) is 7.85. The molecule has 3 aromatic rings. The molecule has 8 heteroatoms. The molecule has 0 fully saturated rings. The molecule has 0 heterocycles. The van der Waals surface area contributed by atoms with E-state index in [0.29, 0.717) is 16.8 Å². The molecule has 0 spiro atoms. The summed E-state index contributed by atoms with van der Waals surface area (Å²) in [6, 6.07) is 22.9. The maximum atomic E-state index is 12.4. The van der Waals surface area contributed by atoms with Crippen LogP contribution in [-0.4, -0.2) is 42.1 Å². The van der Waals surface area contributed by atoms with E-state index in [1.807, 2.05) is 0 Å². The summed E-state index contributed by atoms with van der Waals surface area (Å²) in [5, 5.41) is 2.61. The highest BCUT2D eigenvalue weighted by atomic mass is 16.5. The highest BCUT2D eigenvalue weighted by Crippen LogP contribution is 2.14. The highest BCUT2D eigenvalue weighted by molar-refractivity contribution is 6.01. The lowest BCUT2D eigenvalue weighted by Crippen LogP contribution is -2.24. The summed E-state index contributed by atoms with van der Waals surface area (Å²) in [5.41, 5.74) is 1.51. The third-order valence-electron chi connectivity index (χ3n) is 5.13. The van der Waals surface area contributed by atoms with Crippen LogP contribution >= 0.6 is 0 Å². The van der Waals surface area contributed by atoms with Crippen molar-refractivity contribution in [2.45, 2.75) is 25.9 Å². The van der Waals surface area contributed by atoms with Gasteiger partial charge in [-0.05, 0) is 31.2 Å². The normalized spacial score (nSPS) is 11.1. The quantitative estimate of drug-likeness (QED) is 0.317. The lowest BCUT2D eigenvalue weighted by molar-refractivity contribution is -0.143. The molecule has 36 heavy (non-hydrogen) atoms. The standard InChI is InChI=1S/C28H25NO7/c1-19(27(33)21-10-6-3-7-11-21)36-28(34)22-12-14-23(15-13-22)29-25(31)16-17-26(32)35-18-24(30)20-8-4-2-5-9-20/h2-15,19H,16-18H2,1H3,(H,29,31)/t19-/m1/s1. The zero-order valence-corrected chi connectivity index (χ0v) is 19.6. The molecule has 0 saturated heterocycles. The Labute approximate surface area is 208 Å². The molecular weight excluding hydrogens is 462 g/mol. The molecule has 1 atom stereocenters. The summed E-state index contributed by atoms with van der Waals surface area (Å²) in [6.07, 6.45) is -1.28. The minimum absolute atomic E-state index is 0.138. The smallest absolute Gasteiger partial charge is 0.338 e. The number of ketones is 2. The van der Waals surface area contributed by atoms with Crippen molar-refractivity contribution in [1.82, 2.24) is 0 Å². The van der Waals surface area contributed by atoms with E-state index in [9.17, 15) is 24.0 Å². The summed E-state index contributed by atoms with van der Waals surface area (Å²) in [4.78, 5) is 60.7. The van der Waals surface area contributed by atoms with Gasteiger partial charge in [0.1, 0.15) is 0 Å². The van der Waals surface area contributed by atoms with Crippen LogP contribution < -0.4 is 5.32 Å². The molecule has 3 aromatic carbocycles. The van der Waals surface area contributed by atoms with Crippen LogP contribution in [0.2, 0.25) is 0 Å². The van der Waals surface area contributed by atoms with Gasteiger partial charge in [-0.3, -0.25) is 19.2 Å². The maximum absolute atomic E-state index is 12.4. The van der Waals surface area contributed by atoms with E-state index in [0.717, 1.165) is 0 Å². The van der Waals surface area contributed by atoms with E-state index < -0.39 is 30.6 Å². The fraction of sp³-hybridized carbons (Fsp3) is 0.179. The van der Waals surface area contributed by atoms with E-state index in [4.69, 9.17) is 9.47 Å². The number of hydrogen-bond donors (Lipinski definition) is 1. The Balaban J connectivity index is 1.41. The summed E-state index contributed by atoms with van der Waals surface area (Å²) in [5.74, 6) is -2.40. The molecule has 0 bridgehead atoms. The van der Waals surface area contributed by atoms with E-state index >= 15 is 0 Å². The van der Waals surface area contributed by atoms with Crippen molar-refractivity contribution in [1.29, 1.82) is 0 Å². The van der Waals surface area contributed by atoms with Gasteiger partial charge in [-0.1, -0.05) is 60.7 Å². The molecule has 0 aliphatic heterocycles. The highest BCUT2D eigenvalue weighted by Gasteiger charge is 2.20. The Kier molecular flexibility index (Phi) is 9.22. The predicted molar refractivity (Wildman–Crippen MR) is 132 cm³/mol. The molecule has 1 amide bonds. The van der Waals surface area contributed by atoms with E-state index in [-0.39, 0.29) is 30.0 Å². The van der Waals surface area contributed by atoms with Crippen molar-refractivity contribution in [3.63, 3.8) is 0 Å². The van der Waals surface area contributed by atoms with Gasteiger partial charge in [0.05, 0.1) is 12.0 Å². The fourth-order valence-electron chi connectivity index (χ4n) is 3.17. The van der Waals surface area contributed by atoms with E-state index in [1.54, 1.807) is 60.7 Å². The number of anilines is 1. The molecule has 0 aliphatic carbocycles. The van der Waals surface area contributed by atoms with Crippen LogP contribution in [0.15, 0.2) is 84.9 Å².